The molecule has 2 aromatic heterocycles. The fraction of sp³-hybridized carbons (Fsp3) is 0.176. The van der Waals surface area contributed by atoms with Crippen molar-refractivity contribution in [1.82, 2.24) is 10.3 Å². The normalized spacial score (nSPS) is 12.1. The SMILES string of the molecule is CC(NC(=O)COc1c(I)cc(Cl)c2cccnc12)c1ccco1. The monoisotopic (exact) mass is 456 g/mol. The van der Waals surface area contributed by atoms with E-state index in [1.807, 2.05) is 25.1 Å². The molecular weight excluding hydrogens is 443 g/mol. The van der Waals surface area contributed by atoms with Crippen LogP contribution in [0.25, 0.3) is 10.9 Å². The number of hydrogen-bond donors (Lipinski definition) is 1. The molecule has 0 aliphatic rings. The second kappa shape index (κ2) is 7.40. The Morgan fingerprint density at radius 2 is 2.29 bits per heavy atom. The summed E-state index contributed by atoms with van der Waals surface area (Å²) < 4.78 is 11.8. The van der Waals surface area contributed by atoms with Gasteiger partial charge >= 0.3 is 0 Å². The summed E-state index contributed by atoms with van der Waals surface area (Å²) >= 11 is 8.35. The van der Waals surface area contributed by atoms with Crippen LogP contribution in [0.4, 0.5) is 0 Å². The number of rotatable bonds is 5. The Morgan fingerprint density at radius 3 is 3.04 bits per heavy atom. The minimum atomic E-state index is -0.242. The van der Waals surface area contributed by atoms with Crippen molar-refractivity contribution in [1.29, 1.82) is 0 Å². The Balaban J connectivity index is 1.73. The fourth-order valence-electron chi connectivity index (χ4n) is 2.31. The lowest BCUT2D eigenvalue weighted by Crippen LogP contribution is -2.31. The van der Waals surface area contributed by atoms with Gasteiger partial charge in [0.2, 0.25) is 0 Å². The molecule has 1 aromatic carbocycles. The summed E-state index contributed by atoms with van der Waals surface area (Å²) in [6, 6.07) is 8.84. The molecule has 0 bridgehead atoms. The quantitative estimate of drug-likeness (QED) is 0.580. The molecule has 3 rings (SSSR count). The highest BCUT2D eigenvalue weighted by Gasteiger charge is 2.16. The number of ether oxygens (including phenoxy) is 1. The van der Waals surface area contributed by atoms with E-state index in [0.29, 0.717) is 22.0 Å². The lowest BCUT2D eigenvalue weighted by Gasteiger charge is -2.14. The number of nitrogens with one attached hydrogen (secondary N) is 1. The van der Waals surface area contributed by atoms with Gasteiger partial charge < -0.3 is 14.5 Å². The largest absolute Gasteiger partial charge is 0.480 e. The molecule has 124 valence electrons. The summed E-state index contributed by atoms with van der Waals surface area (Å²) in [5.74, 6) is 1.00. The van der Waals surface area contributed by atoms with Crippen LogP contribution in [-0.2, 0) is 4.79 Å². The van der Waals surface area contributed by atoms with Crippen molar-refractivity contribution in [2.45, 2.75) is 13.0 Å². The molecule has 1 N–H and O–H groups in total. The molecule has 1 amide bonds. The maximum Gasteiger partial charge on any atom is 0.258 e. The number of benzene rings is 1. The first-order valence-corrected chi connectivity index (χ1v) is 8.70. The molecule has 24 heavy (non-hydrogen) atoms. The van der Waals surface area contributed by atoms with E-state index in [9.17, 15) is 4.79 Å². The van der Waals surface area contributed by atoms with Crippen molar-refractivity contribution in [3.05, 3.63) is 57.1 Å². The lowest BCUT2D eigenvalue weighted by atomic mass is 10.2. The first-order chi connectivity index (χ1) is 11.6. The molecule has 0 aliphatic carbocycles. The van der Waals surface area contributed by atoms with Gasteiger partial charge in [-0.05, 0) is 59.8 Å². The van der Waals surface area contributed by atoms with Gasteiger partial charge in [-0.3, -0.25) is 9.78 Å². The topological polar surface area (TPSA) is 64.4 Å². The average Bonchev–Trinajstić information content (AvgIpc) is 3.09. The summed E-state index contributed by atoms with van der Waals surface area (Å²) in [5.41, 5.74) is 0.640. The zero-order valence-corrected chi connectivity index (χ0v) is 15.7. The first kappa shape index (κ1) is 17.0. The lowest BCUT2D eigenvalue weighted by molar-refractivity contribution is -0.123. The van der Waals surface area contributed by atoms with Crippen LogP contribution in [0.15, 0.2) is 47.2 Å². The molecule has 0 aliphatic heterocycles. The number of aromatic nitrogens is 1. The van der Waals surface area contributed by atoms with Gasteiger partial charge in [0.05, 0.1) is 20.9 Å². The highest BCUT2D eigenvalue weighted by Crippen LogP contribution is 2.34. The Labute approximate surface area is 157 Å². The molecule has 2 heterocycles. The van der Waals surface area contributed by atoms with Crippen molar-refractivity contribution in [2.75, 3.05) is 6.61 Å². The summed E-state index contributed by atoms with van der Waals surface area (Å²) in [7, 11) is 0. The van der Waals surface area contributed by atoms with Crippen molar-refractivity contribution in [3.63, 3.8) is 0 Å². The van der Waals surface area contributed by atoms with E-state index in [1.165, 1.54) is 0 Å². The van der Waals surface area contributed by atoms with E-state index in [1.54, 1.807) is 24.6 Å². The van der Waals surface area contributed by atoms with Crippen molar-refractivity contribution >= 4 is 51.0 Å². The molecule has 7 heteroatoms. The number of fused-ring (bicyclic) bond motifs is 1. The third-order valence-corrected chi connectivity index (χ3v) is 4.56. The minimum Gasteiger partial charge on any atom is -0.480 e. The van der Waals surface area contributed by atoms with E-state index in [-0.39, 0.29) is 18.6 Å². The van der Waals surface area contributed by atoms with Crippen LogP contribution in [0.2, 0.25) is 5.02 Å². The number of pyridine rings is 1. The van der Waals surface area contributed by atoms with E-state index < -0.39 is 0 Å². The summed E-state index contributed by atoms with van der Waals surface area (Å²) in [6.07, 6.45) is 3.24. The molecule has 1 atom stereocenters. The molecule has 3 aromatic rings. The second-order valence-electron chi connectivity index (χ2n) is 5.16. The van der Waals surface area contributed by atoms with Gasteiger partial charge in [-0.2, -0.15) is 0 Å². The maximum absolute atomic E-state index is 12.1. The van der Waals surface area contributed by atoms with Gasteiger partial charge in [-0.25, -0.2) is 0 Å². The number of carbonyl (C=O) groups is 1. The van der Waals surface area contributed by atoms with Crippen LogP contribution < -0.4 is 10.1 Å². The maximum atomic E-state index is 12.1. The second-order valence-corrected chi connectivity index (χ2v) is 6.73. The van der Waals surface area contributed by atoms with E-state index in [4.69, 9.17) is 20.8 Å². The zero-order chi connectivity index (χ0) is 17.1. The Kier molecular flexibility index (Phi) is 5.25. The van der Waals surface area contributed by atoms with Gasteiger partial charge in [0.1, 0.15) is 11.3 Å². The smallest absolute Gasteiger partial charge is 0.258 e. The molecule has 1 unspecified atom stereocenters. The predicted octanol–water partition coefficient (Wildman–Crippen LogP) is 4.34. The van der Waals surface area contributed by atoms with Crippen molar-refractivity contribution in [2.24, 2.45) is 0 Å². The molecular formula is C17H14ClIN2O3. The number of nitrogens with zero attached hydrogens (tertiary/aromatic N) is 1. The van der Waals surface area contributed by atoms with E-state index in [0.717, 1.165) is 8.96 Å². The summed E-state index contributed by atoms with van der Waals surface area (Å²) in [4.78, 5) is 16.4. The van der Waals surface area contributed by atoms with Crippen molar-refractivity contribution in [3.8, 4) is 5.75 Å². The highest BCUT2D eigenvalue weighted by molar-refractivity contribution is 14.1. The van der Waals surface area contributed by atoms with Crippen LogP contribution in [0, 0.1) is 3.57 Å². The van der Waals surface area contributed by atoms with Crippen molar-refractivity contribution < 1.29 is 13.9 Å². The number of furan rings is 1. The summed E-state index contributed by atoms with van der Waals surface area (Å²) in [6.45, 7) is 1.73. The van der Waals surface area contributed by atoms with Gasteiger partial charge in [0.25, 0.3) is 5.91 Å². The molecule has 0 saturated heterocycles. The first-order valence-electron chi connectivity index (χ1n) is 7.24. The third-order valence-electron chi connectivity index (χ3n) is 3.45. The van der Waals surface area contributed by atoms with E-state index in [2.05, 4.69) is 32.9 Å². The van der Waals surface area contributed by atoms with E-state index >= 15 is 0 Å². The average molecular weight is 457 g/mol. The molecule has 0 radical (unpaired) electrons. The van der Waals surface area contributed by atoms with Crippen LogP contribution in [0.1, 0.15) is 18.7 Å². The van der Waals surface area contributed by atoms with Crippen LogP contribution in [-0.4, -0.2) is 17.5 Å². The van der Waals surface area contributed by atoms with Gasteiger partial charge in [-0.15, -0.1) is 0 Å². The van der Waals surface area contributed by atoms with Crippen LogP contribution in [0.5, 0.6) is 5.75 Å². The van der Waals surface area contributed by atoms with Gasteiger partial charge in [0, 0.05) is 11.6 Å². The number of hydrogen-bond acceptors (Lipinski definition) is 4. The fourth-order valence-corrected chi connectivity index (χ4v) is 3.48. The molecule has 0 spiro atoms. The standard InChI is InChI=1S/C17H14ClIN2O3/c1-10(14-5-3-7-23-14)21-15(22)9-24-17-13(19)8-12(18)11-4-2-6-20-16(11)17/h2-8,10H,9H2,1H3,(H,21,22). The highest BCUT2D eigenvalue weighted by atomic mass is 127. The zero-order valence-electron chi connectivity index (χ0n) is 12.8. The van der Waals surface area contributed by atoms with Crippen LogP contribution >= 0.6 is 34.2 Å². The third kappa shape index (κ3) is 3.64. The number of halogens is 2. The Morgan fingerprint density at radius 1 is 1.46 bits per heavy atom. The number of amides is 1. The molecule has 0 saturated carbocycles. The number of carbonyl (C=O) groups excluding carboxylic acids is 1. The predicted molar refractivity (Wildman–Crippen MR) is 100 cm³/mol. The molecule has 5 nitrogen and oxygen atoms in total. The Hall–Kier alpha value is -1.80. The summed E-state index contributed by atoms with van der Waals surface area (Å²) in [5, 5.41) is 4.22. The van der Waals surface area contributed by atoms with Gasteiger partial charge in [-0.1, -0.05) is 11.6 Å². The minimum absolute atomic E-state index is 0.117. The van der Waals surface area contributed by atoms with Crippen LogP contribution in [0.3, 0.4) is 0 Å². The molecule has 0 fully saturated rings. The van der Waals surface area contributed by atoms with Gasteiger partial charge in [0.15, 0.2) is 12.4 Å². The Bertz CT molecular complexity index is 868.